The normalized spacial score (nSPS) is 22.6. The van der Waals surface area contributed by atoms with Crippen LogP contribution in [-0.4, -0.2) is 16.2 Å². The molecule has 0 bridgehead atoms. The van der Waals surface area contributed by atoms with Crippen molar-refractivity contribution in [2.24, 2.45) is 5.92 Å². The summed E-state index contributed by atoms with van der Waals surface area (Å²) >= 11 is 0. The number of anilines is 1. The number of aromatic nitrogens is 2. The number of rotatable bonds is 3. The van der Waals surface area contributed by atoms with E-state index in [9.17, 15) is 4.79 Å². The first kappa shape index (κ1) is 12.1. The van der Waals surface area contributed by atoms with Crippen molar-refractivity contribution >= 4 is 5.69 Å². The predicted octanol–water partition coefficient (Wildman–Crippen LogP) is 2.97. The average Bonchev–Trinajstić information content (AvgIpc) is 3.00. The fourth-order valence-corrected chi connectivity index (χ4v) is 2.81. The van der Waals surface area contributed by atoms with Gasteiger partial charge in [-0.05, 0) is 36.5 Å². The molecule has 2 aromatic rings. The molecule has 3 N–H and O–H groups in total. The number of H-pyrrole nitrogens is 2. The molecule has 0 aliphatic heterocycles. The number of nitrogens with one attached hydrogen (secondary N) is 3. The molecule has 100 valence electrons. The van der Waals surface area contributed by atoms with Gasteiger partial charge < -0.3 is 5.32 Å². The summed E-state index contributed by atoms with van der Waals surface area (Å²) in [5.41, 5.74) is 2.89. The fourth-order valence-electron chi connectivity index (χ4n) is 2.81. The highest BCUT2D eigenvalue weighted by Crippen LogP contribution is 2.28. The van der Waals surface area contributed by atoms with Gasteiger partial charge in [-0.25, -0.2) is 0 Å². The average molecular weight is 257 g/mol. The van der Waals surface area contributed by atoms with Gasteiger partial charge in [-0.1, -0.05) is 25.5 Å². The molecule has 0 radical (unpaired) electrons. The van der Waals surface area contributed by atoms with Crippen molar-refractivity contribution in [1.29, 1.82) is 0 Å². The zero-order chi connectivity index (χ0) is 13.2. The van der Waals surface area contributed by atoms with Crippen LogP contribution in [-0.2, 0) is 0 Å². The van der Waals surface area contributed by atoms with Crippen LogP contribution in [0.5, 0.6) is 0 Å². The van der Waals surface area contributed by atoms with E-state index in [1.54, 1.807) is 6.07 Å². The maximum absolute atomic E-state index is 11.1. The highest BCUT2D eigenvalue weighted by Gasteiger charge is 2.22. The third-order valence-corrected chi connectivity index (χ3v) is 4.01. The van der Waals surface area contributed by atoms with Gasteiger partial charge in [0.2, 0.25) is 0 Å². The first-order chi connectivity index (χ1) is 9.22. The van der Waals surface area contributed by atoms with Crippen molar-refractivity contribution in [1.82, 2.24) is 10.2 Å². The molecule has 1 heterocycles. The van der Waals surface area contributed by atoms with Crippen LogP contribution in [0.1, 0.15) is 26.2 Å². The van der Waals surface area contributed by atoms with Gasteiger partial charge in [0.1, 0.15) is 0 Å². The summed E-state index contributed by atoms with van der Waals surface area (Å²) in [6.07, 6.45) is 3.90. The zero-order valence-corrected chi connectivity index (χ0v) is 11.1. The number of hydrogen-bond donors (Lipinski definition) is 3. The quantitative estimate of drug-likeness (QED) is 0.791. The number of aromatic amines is 2. The Hall–Kier alpha value is -1.97. The Kier molecular flexibility index (Phi) is 3.15. The first-order valence-corrected chi connectivity index (χ1v) is 6.87. The minimum absolute atomic E-state index is 0.100. The van der Waals surface area contributed by atoms with Crippen LogP contribution in [0, 0.1) is 5.92 Å². The maximum Gasteiger partial charge on any atom is 0.264 e. The Labute approximate surface area is 112 Å². The molecule has 3 rings (SSSR count). The summed E-state index contributed by atoms with van der Waals surface area (Å²) < 4.78 is 0. The maximum atomic E-state index is 11.1. The van der Waals surface area contributed by atoms with Gasteiger partial charge in [0.25, 0.3) is 5.56 Å². The van der Waals surface area contributed by atoms with Gasteiger partial charge in [-0.3, -0.25) is 15.0 Å². The summed E-state index contributed by atoms with van der Waals surface area (Å²) in [6.45, 7) is 2.31. The SMILES string of the molecule is CC1CCCC1Nc1ccc(-c2cc(=O)[nH][nH]2)cc1. The molecule has 2 unspecified atom stereocenters. The van der Waals surface area contributed by atoms with Gasteiger partial charge in [0, 0.05) is 17.8 Å². The van der Waals surface area contributed by atoms with E-state index in [0.29, 0.717) is 6.04 Å². The monoisotopic (exact) mass is 257 g/mol. The highest BCUT2D eigenvalue weighted by atomic mass is 16.1. The second-order valence-electron chi connectivity index (χ2n) is 5.41. The van der Waals surface area contributed by atoms with Gasteiger partial charge in [0.15, 0.2) is 0 Å². The minimum Gasteiger partial charge on any atom is -0.382 e. The van der Waals surface area contributed by atoms with Crippen LogP contribution in [0.4, 0.5) is 5.69 Å². The van der Waals surface area contributed by atoms with E-state index >= 15 is 0 Å². The molecular weight excluding hydrogens is 238 g/mol. The standard InChI is InChI=1S/C15H19N3O/c1-10-3-2-4-13(10)16-12-7-5-11(6-8-12)14-9-15(19)18-17-14/h5-10,13,16H,2-4H2,1H3,(H2,17,18,19). The van der Waals surface area contributed by atoms with Crippen molar-refractivity contribution in [2.75, 3.05) is 5.32 Å². The van der Waals surface area contributed by atoms with Crippen molar-refractivity contribution in [2.45, 2.75) is 32.2 Å². The molecule has 19 heavy (non-hydrogen) atoms. The second-order valence-corrected chi connectivity index (χ2v) is 5.41. The summed E-state index contributed by atoms with van der Waals surface area (Å²) in [5, 5.41) is 9.01. The summed E-state index contributed by atoms with van der Waals surface area (Å²) in [6, 6.07) is 10.4. The molecule has 0 spiro atoms. The smallest absolute Gasteiger partial charge is 0.264 e. The predicted molar refractivity (Wildman–Crippen MR) is 77.3 cm³/mol. The zero-order valence-electron chi connectivity index (χ0n) is 11.1. The lowest BCUT2D eigenvalue weighted by Gasteiger charge is -2.18. The van der Waals surface area contributed by atoms with E-state index in [0.717, 1.165) is 22.9 Å². The van der Waals surface area contributed by atoms with Crippen molar-refractivity contribution in [3.05, 3.63) is 40.7 Å². The Morgan fingerprint density at radius 3 is 2.53 bits per heavy atom. The number of benzene rings is 1. The van der Waals surface area contributed by atoms with Gasteiger partial charge >= 0.3 is 0 Å². The van der Waals surface area contributed by atoms with Crippen molar-refractivity contribution < 1.29 is 0 Å². The second kappa shape index (κ2) is 4.96. The highest BCUT2D eigenvalue weighted by molar-refractivity contribution is 5.62. The van der Waals surface area contributed by atoms with E-state index < -0.39 is 0 Å². The fraction of sp³-hybridized carbons (Fsp3) is 0.400. The molecule has 0 amide bonds. The van der Waals surface area contributed by atoms with E-state index in [1.807, 2.05) is 12.1 Å². The third-order valence-electron chi connectivity index (χ3n) is 4.01. The lowest BCUT2D eigenvalue weighted by Crippen LogP contribution is -2.21. The van der Waals surface area contributed by atoms with Crippen molar-refractivity contribution in [3.63, 3.8) is 0 Å². The molecule has 1 aliphatic rings. The van der Waals surface area contributed by atoms with E-state index in [1.165, 1.54) is 19.3 Å². The molecule has 2 atom stereocenters. The topological polar surface area (TPSA) is 60.7 Å². The van der Waals surface area contributed by atoms with Gasteiger partial charge in [-0.2, -0.15) is 0 Å². The summed E-state index contributed by atoms with van der Waals surface area (Å²) in [7, 11) is 0. The van der Waals surface area contributed by atoms with Crippen molar-refractivity contribution in [3.8, 4) is 11.3 Å². The molecule has 4 nitrogen and oxygen atoms in total. The summed E-state index contributed by atoms with van der Waals surface area (Å²) in [4.78, 5) is 11.1. The van der Waals surface area contributed by atoms with E-state index in [-0.39, 0.29) is 5.56 Å². The largest absolute Gasteiger partial charge is 0.382 e. The molecule has 1 aliphatic carbocycles. The van der Waals surface area contributed by atoms with Crippen LogP contribution < -0.4 is 10.9 Å². The third kappa shape index (κ3) is 2.57. The van der Waals surface area contributed by atoms with Gasteiger partial charge in [0.05, 0.1) is 5.69 Å². The molecule has 1 fully saturated rings. The molecule has 4 heteroatoms. The Bertz CT molecular complexity index is 596. The molecule has 1 saturated carbocycles. The lowest BCUT2D eigenvalue weighted by atomic mass is 10.1. The Morgan fingerprint density at radius 1 is 1.16 bits per heavy atom. The Balaban J connectivity index is 1.73. The van der Waals surface area contributed by atoms with Crippen LogP contribution >= 0.6 is 0 Å². The van der Waals surface area contributed by atoms with Crippen LogP contribution in [0.2, 0.25) is 0 Å². The van der Waals surface area contributed by atoms with Crippen LogP contribution in [0.25, 0.3) is 11.3 Å². The molecule has 1 aromatic carbocycles. The van der Waals surface area contributed by atoms with E-state index in [2.05, 4.69) is 34.6 Å². The van der Waals surface area contributed by atoms with Crippen LogP contribution in [0.3, 0.4) is 0 Å². The number of hydrogen-bond acceptors (Lipinski definition) is 2. The van der Waals surface area contributed by atoms with Crippen LogP contribution in [0.15, 0.2) is 35.1 Å². The van der Waals surface area contributed by atoms with E-state index in [4.69, 9.17) is 0 Å². The summed E-state index contributed by atoms with van der Waals surface area (Å²) in [5.74, 6) is 0.751. The van der Waals surface area contributed by atoms with Gasteiger partial charge in [-0.15, -0.1) is 0 Å². The molecular formula is C15H19N3O. The molecule has 0 saturated heterocycles. The molecule has 1 aromatic heterocycles. The lowest BCUT2D eigenvalue weighted by molar-refractivity contribution is 0.556. The Morgan fingerprint density at radius 2 is 1.95 bits per heavy atom. The minimum atomic E-state index is -0.100. The first-order valence-electron chi connectivity index (χ1n) is 6.87.